The highest BCUT2D eigenvalue weighted by molar-refractivity contribution is 6.04. The van der Waals surface area contributed by atoms with E-state index in [1.54, 1.807) is 26.0 Å². The van der Waals surface area contributed by atoms with Gasteiger partial charge in [0, 0.05) is 5.69 Å². The summed E-state index contributed by atoms with van der Waals surface area (Å²) in [4.78, 5) is 39.6. The number of ether oxygens (including phenoxy) is 2. The molecule has 0 aromatic heterocycles. The molecule has 1 aliphatic carbocycles. The summed E-state index contributed by atoms with van der Waals surface area (Å²) in [5.41, 5.74) is 2.73. The quantitative estimate of drug-likeness (QED) is 0.559. The van der Waals surface area contributed by atoms with E-state index >= 15 is 0 Å². The second kappa shape index (κ2) is 9.33. The van der Waals surface area contributed by atoms with E-state index in [-0.39, 0.29) is 32.0 Å². The maximum Gasteiger partial charge on any atom is 0.323 e. The molecular weight excluding hydrogens is 394 g/mol. The van der Waals surface area contributed by atoms with Gasteiger partial charge in [-0.15, -0.1) is 0 Å². The Kier molecular flexibility index (Phi) is 6.78. The van der Waals surface area contributed by atoms with Crippen LogP contribution in [-0.2, 0) is 30.3 Å². The summed E-state index contributed by atoms with van der Waals surface area (Å²) in [5.74, 6) is -2.25. The van der Waals surface area contributed by atoms with Crippen LogP contribution < -0.4 is 5.32 Å². The molecule has 164 valence electrons. The molecule has 6 nitrogen and oxygen atoms in total. The Morgan fingerprint density at radius 3 is 2.19 bits per heavy atom. The molecule has 0 radical (unpaired) electrons. The van der Waals surface area contributed by atoms with Gasteiger partial charge in [0.2, 0.25) is 5.91 Å². The summed E-state index contributed by atoms with van der Waals surface area (Å²) in [5, 5.41) is 2.93. The molecular formula is C25H29NO5. The molecule has 1 aliphatic rings. The number of nitrogens with one attached hydrogen (secondary N) is 1. The van der Waals surface area contributed by atoms with Crippen molar-refractivity contribution < 1.29 is 23.9 Å². The number of carbonyl (C=O) groups excluding carboxylic acids is 3. The van der Waals surface area contributed by atoms with Gasteiger partial charge in [-0.25, -0.2) is 0 Å². The minimum atomic E-state index is -1.56. The number of hydrogen-bond acceptors (Lipinski definition) is 5. The van der Waals surface area contributed by atoms with E-state index in [9.17, 15) is 14.4 Å². The van der Waals surface area contributed by atoms with E-state index in [4.69, 9.17) is 9.47 Å². The van der Waals surface area contributed by atoms with Crippen molar-refractivity contribution in [2.24, 2.45) is 5.41 Å². The fourth-order valence-corrected chi connectivity index (χ4v) is 4.47. The Morgan fingerprint density at radius 1 is 1.00 bits per heavy atom. The Morgan fingerprint density at radius 2 is 1.61 bits per heavy atom. The van der Waals surface area contributed by atoms with Crippen molar-refractivity contribution >= 4 is 23.5 Å². The Hall–Kier alpha value is -3.15. The van der Waals surface area contributed by atoms with Gasteiger partial charge in [0.1, 0.15) is 0 Å². The van der Waals surface area contributed by atoms with Crippen LogP contribution in [0.25, 0.3) is 0 Å². The summed E-state index contributed by atoms with van der Waals surface area (Å²) in [7, 11) is 0. The van der Waals surface area contributed by atoms with Crippen molar-refractivity contribution in [3.05, 3.63) is 64.7 Å². The van der Waals surface area contributed by atoms with Crippen LogP contribution in [0.1, 0.15) is 48.4 Å². The molecule has 31 heavy (non-hydrogen) atoms. The number of esters is 2. The number of benzene rings is 2. The maximum absolute atomic E-state index is 13.4. The lowest BCUT2D eigenvalue weighted by Crippen LogP contribution is -2.49. The fourth-order valence-electron chi connectivity index (χ4n) is 4.47. The third-order valence-corrected chi connectivity index (χ3v) is 5.70. The summed E-state index contributed by atoms with van der Waals surface area (Å²) in [6.45, 7) is 7.58. The predicted octanol–water partition coefficient (Wildman–Crippen LogP) is 4.08. The molecule has 1 unspecified atom stereocenters. The van der Waals surface area contributed by atoms with Gasteiger partial charge < -0.3 is 14.8 Å². The number of anilines is 1. The minimum Gasteiger partial charge on any atom is -0.465 e. The largest absolute Gasteiger partial charge is 0.465 e. The number of para-hydroxylation sites is 1. The summed E-state index contributed by atoms with van der Waals surface area (Å²) >= 11 is 0. The topological polar surface area (TPSA) is 81.7 Å². The second-order valence-electron chi connectivity index (χ2n) is 7.97. The third kappa shape index (κ3) is 4.48. The van der Waals surface area contributed by atoms with Gasteiger partial charge in [-0.3, -0.25) is 14.4 Å². The predicted molar refractivity (Wildman–Crippen MR) is 118 cm³/mol. The number of rotatable bonds is 6. The van der Waals surface area contributed by atoms with Gasteiger partial charge in [0.05, 0.1) is 19.1 Å². The molecule has 6 heteroatoms. The number of aryl methyl sites for hydroxylation is 2. The molecule has 0 aliphatic heterocycles. The SMILES string of the molecule is CCOC(=O)C1(C(=O)OCC)Cc2cc(C)cc(C)c2C(C(=O)Nc2ccccc2)C1. The van der Waals surface area contributed by atoms with E-state index in [0.29, 0.717) is 5.69 Å². The standard InChI is InChI=1S/C25H29NO5/c1-5-30-23(28)25(24(29)31-6-2)14-18-13-16(3)12-17(4)21(18)20(15-25)22(27)26-19-10-8-7-9-11-19/h7-13,20H,5-6,14-15H2,1-4H3,(H,26,27). The van der Waals surface area contributed by atoms with Crippen molar-refractivity contribution in [2.45, 2.75) is 46.5 Å². The first-order valence-electron chi connectivity index (χ1n) is 10.6. The molecule has 0 saturated carbocycles. The zero-order valence-corrected chi connectivity index (χ0v) is 18.5. The average molecular weight is 424 g/mol. The van der Waals surface area contributed by atoms with Crippen LogP contribution in [0.15, 0.2) is 42.5 Å². The van der Waals surface area contributed by atoms with Gasteiger partial charge in [-0.05, 0) is 69.4 Å². The monoisotopic (exact) mass is 423 g/mol. The van der Waals surface area contributed by atoms with Crippen molar-refractivity contribution in [3.63, 3.8) is 0 Å². The molecule has 0 fully saturated rings. The molecule has 0 spiro atoms. The first kappa shape index (κ1) is 22.5. The summed E-state index contributed by atoms with van der Waals surface area (Å²) in [6, 6.07) is 13.1. The second-order valence-corrected chi connectivity index (χ2v) is 7.97. The van der Waals surface area contributed by atoms with Crippen LogP contribution in [0.3, 0.4) is 0 Å². The lowest BCUT2D eigenvalue weighted by Gasteiger charge is -2.38. The van der Waals surface area contributed by atoms with Gasteiger partial charge in [0.15, 0.2) is 5.41 Å². The molecule has 1 atom stereocenters. The highest BCUT2D eigenvalue weighted by Crippen LogP contribution is 2.46. The van der Waals surface area contributed by atoms with E-state index in [2.05, 4.69) is 5.32 Å². The third-order valence-electron chi connectivity index (χ3n) is 5.70. The van der Waals surface area contributed by atoms with E-state index < -0.39 is 23.3 Å². The molecule has 1 amide bonds. The average Bonchev–Trinajstić information content (AvgIpc) is 2.73. The van der Waals surface area contributed by atoms with Crippen molar-refractivity contribution in [1.29, 1.82) is 0 Å². The maximum atomic E-state index is 13.4. The zero-order valence-electron chi connectivity index (χ0n) is 18.5. The van der Waals surface area contributed by atoms with Gasteiger partial charge in [-0.2, -0.15) is 0 Å². The Balaban J connectivity index is 2.11. The van der Waals surface area contributed by atoms with Gasteiger partial charge >= 0.3 is 11.9 Å². The normalized spacial score (nSPS) is 16.7. The number of carbonyl (C=O) groups is 3. The molecule has 0 saturated heterocycles. The van der Waals surface area contributed by atoms with Crippen LogP contribution in [0.4, 0.5) is 5.69 Å². The number of hydrogen-bond donors (Lipinski definition) is 1. The summed E-state index contributed by atoms with van der Waals surface area (Å²) < 4.78 is 10.6. The van der Waals surface area contributed by atoms with Crippen LogP contribution in [0.5, 0.6) is 0 Å². The van der Waals surface area contributed by atoms with E-state index in [1.807, 2.05) is 44.2 Å². The van der Waals surface area contributed by atoms with Crippen molar-refractivity contribution in [1.82, 2.24) is 0 Å². The van der Waals surface area contributed by atoms with Crippen LogP contribution in [-0.4, -0.2) is 31.1 Å². The van der Waals surface area contributed by atoms with Crippen LogP contribution in [0.2, 0.25) is 0 Å². The van der Waals surface area contributed by atoms with Crippen molar-refractivity contribution in [3.8, 4) is 0 Å². The first-order valence-corrected chi connectivity index (χ1v) is 10.6. The summed E-state index contributed by atoms with van der Waals surface area (Å²) in [6.07, 6.45) is 0.151. The Bertz CT molecular complexity index is 965. The Labute approximate surface area is 182 Å². The molecule has 2 aromatic rings. The lowest BCUT2D eigenvalue weighted by molar-refractivity contribution is -0.173. The smallest absolute Gasteiger partial charge is 0.323 e. The fraction of sp³-hybridized carbons (Fsp3) is 0.400. The van der Waals surface area contributed by atoms with Crippen LogP contribution in [0, 0.1) is 19.3 Å². The number of amides is 1. The number of fused-ring (bicyclic) bond motifs is 1. The van der Waals surface area contributed by atoms with Gasteiger partial charge in [-0.1, -0.05) is 35.9 Å². The molecule has 0 heterocycles. The lowest BCUT2D eigenvalue weighted by atomic mass is 9.65. The van der Waals surface area contributed by atoms with Crippen molar-refractivity contribution in [2.75, 3.05) is 18.5 Å². The first-order chi connectivity index (χ1) is 14.8. The highest BCUT2D eigenvalue weighted by Gasteiger charge is 2.55. The van der Waals surface area contributed by atoms with E-state index in [0.717, 1.165) is 22.3 Å². The van der Waals surface area contributed by atoms with Crippen LogP contribution >= 0.6 is 0 Å². The highest BCUT2D eigenvalue weighted by atomic mass is 16.6. The molecule has 1 N–H and O–H groups in total. The molecule has 3 rings (SSSR count). The minimum absolute atomic E-state index is 0.000233. The van der Waals surface area contributed by atoms with Gasteiger partial charge in [0.25, 0.3) is 0 Å². The zero-order chi connectivity index (χ0) is 22.6. The van der Waals surface area contributed by atoms with E-state index in [1.165, 1.54) is 0 Å². The molecule has 0 bridgehead atoms. The molecule has 2 aromatic carbocycles.